The Morgan fingerprint density at radius 2 is 1.54 bits per heavy atom. The molecule has 0 bridgehead atoms. The first kappa shape index (κ1) is 18.1. The summed E-state index contributed by atoms with van der Waals surface area (Å²) < 4.78 is 0. The summed E-state index contributed by atoms with van der Waals surface area (Å²) in [6.07, 6.45) is 0. The van der Waals surface area contributed by atoms with E-state index in [1.54, 1.807) is 18.2 Å². The van der Waals surface area contributed by atoms with Crippen LogP contribution in [0.2, 0.25) is 5.02 Å². The maximum atomic E-state index is 12.5. The van der Waals surface area contributed by atoms with Crippen molar-refractivity contribution < 1.29 is 4.79 Å². The molecule has 144 valence electrons. The Hall–Kier alpha value is -3.26. The molecule has 1 amide bonds. The van der Waals surface area contributed by atoms with Gasteiger partial charge in [-0.1, -0.05) is 11.6 Å². The highest BCUT2D eigenvalue weighted by atomic mass is 35.5. The maximum Gasteiger partial charge on any atom is 0.255 e. The number of hydrogen-bond donors (Lipinski definition) is 5. The van der Waals surface area contributed by atoms with E-state index in [0.29, 0.717) is 27.9 Å². The number of aliphatic imine (C=N–C) groups is 2. The monoisotopic (exact) mass is 397 g/mol. The van der Waals surface area contributed by atoms with Gasteiger partial charge in [0.15, 0.2) is 11.9 Å². The molecule has 4 rings (SSSR count). The third kappa shape index (κ3) is 4.34. The summed E-state index contributed by atoms with van der Waals surface area (Å²) in [7, 11) is 0. The quantitative estimate of drug-likeness (QED) is 0.545. The van der Waals surface area contributed by atoms with Gasteiger partial charge in [0.25, 0.3) is 5.91 Å². The topological polar surface area (TPSA) is 102 Å². The minimum absolute atomic E-state index is 0.229. The van der Waals surface area contributed by atoms with Crippen molar-refractivity contribution >= 4 is 46.5 Å². The number of benzene rings is 2. The zero-order chi connectivity index (χ0) is 19.3. The molecular weight excluding hydrogens is 378 g/mol. The Labute approximate surface area is 167 Å². The van der Waals surface area contributed by atoms with Crippen LogP contribution in [0.15, 0.2) is 52.4 Å². The number of hydrogen-bond acceptors (Lipinski definition) is 7. The van der Waals surface area contributed by atoms with E-state index >= 15 is 0 Å². The van der Waals surface area contributed by atoms with Crippen molar-refractivity contribution in [1.29, 1.82) is 0 Å². The van der Waals surface area contributed by atoms with E-state index in [9.17, 15) is 4.79 Å². The number of nitrogens with zero attached hydrogens (tertiary/aromatic N) is 2. The van der Waals surface area contributed by atoms with Gasteiger partial charge in [-0.3, -0.25) is 14.8 Å². The molecule has 0 aliphatic carbocycles. The van der Waals surface area contributed by atoms with E-state index in [1.807, 2.05) is 24.3 Å². The fourth-order valence-electron chi connectivity index (χ4n) is 2.83. The molecule has 8 nitrogen and oxygen atoms in total. The molecule has 5 N–H and O–H groups in total. The molecule has 0 radical (unpaired) electrons. The first-order chi connectivity index (χ1) is 13.7. The third-order valence-corrected chi connectivity index (χ3v) is 4.55. The summed E-state index contributed by atoms with van der Waals surface area (Å²) in [6.45, 7) is 3.16. The van der Waals surface area contributed by atoms with Crippen molar-refractivity contribution in [1.82, 2.24) is 10.6 Å². The second-order valence-electron chi connectivity index (χ2n) is 6.29. The van der Waals surface area contributed by atoms with Crippen LogP contribution < -0.4 is 26.6 Å². The van der Waals surface area contributed by atoms with E-state index in [-0.39, 0.29) is 5.91 Å². The number of carbonyl (C=O) groups excluding carboxylic acids is 1. The average molecular weight is 398 g/mol. The van der Waals surface area contributed by atoms with Crippen LogP contribution in [-0.4, -0.2) is 44.0 Å². The predicted molar refractivity (Wildman–Crippen MR) is 114 cm³/mol. The van der Waals surface area contributed by atoms with Crippen molar-refractivity contribution in [2.24, 2.45) is 9.98 Å². The molecule has 0 aromatic heterocycles. The Balaban J connectivity index is 1.38. The predicted octanol–water partition coefficient (Wildman–Crippen LogP) is 2.33. The Morgan fingerprint density at radius 3 is 2.14 bits per heavy atom. The fourth-order valence-corrected chi connectivity index (χ4v) is 3.05. The van der Waals surface area contributed by atoms with Crippen molar-refractivity contribution in [2.45, 2.75) is 0 Å². The van der Waals surface area contributed by atoms with Crippen molar-refractivity contribution in [3.8, 4) is 0 Å². The summed E-state index contributed by atoms with van der Waals surface area (Å²) >= 11 is 6.31. The highest BCUT2D eigenvalue weighted by Gasteiger charge is 2.12. The van der Waals surface area contributed by atoms with Crippen LogP contribution in [0.5, 0.6) is 0 Å². The molecule has 0 saturated heterocycles. The van der Waals surface area contributed by atoms with Crippen LogP contribution in [0.3, 0.4) is 0 Å². The summed E-state index contributed by atoms with van der Waals surface area (Å²) in [4.78, 5) is 21.1. The fraction of sp³-hybridized carbons (Fsp3) is 0.211. The minimum atomic E-state index is -0.229. The van der Waals surface area contributed by atoms with E-state index in [2.05, 4.69) is 36.6 Å². The molecule has 2 aromatic rings. The number of carbonyl (C=O) groups is 1. The molecule has 2 aliphatic rings. The molecule has 0 atom stereocenters. The van der Waals surface area contributed by atoms with Crippen LogP contribution in [0.25, 0.3) is 0 Å². The largest absolute Gasteiger partial charge is 0.354 e. The Bertz CT molecular complexity index is 940. The molecule has 2 aliphatic heterocycles. The number of rotatable bonds is 4. The number of anilines is 3. The zero-order valence-electron chi connectivity index (χ0n) is 15.1. The van der Waals surface area contributed by atoms with Crippen LogP contribution >= 0.6 is 11.6 Å². The second kappa shape index (κ2) is 8.18. The second-order valence-corrected chi connectivity index (χ2v) is 6.70. The summed E-state index contributed by atoms with van der Waals surface area (Å²) in [6, 6.07) is 12.5. The lowest BCUT2D eigenvalue weighted by molar-refractivity contribution is 0.102. The molecular formula is C19H20ClN7O. The lowest BCUT2D eigenvalue weighted by Gasteiger charge is -2.11. The van der Waals surface area contributed by atoms with Crippen molar-refractivity contribution in [3.63, 3.8) is 0 Å². The normalized spacial score (nSPS) is 15.2. The maximum absolute atomic E-state index is 12.5. The van der Waals surface area contributed by atoms with Gasteiger partial charge < -0.3 is 26.6 Å². The standard InChI is InChI=1S/C19H20ClN7O/c20-15-11-12(1-6-16(15)27-19-23-9-10-24-19)17(28)25-13-2-4-14(5-3-13)26-18-21-7-8-22-18/h1-6,11H,7-10H2,(H,25,28)(H2,21,22,26)(H2,23,24,27). The Kier molecular flexibility index (Phi) is 5.29. The first-order valence-corrected chi connectivity index (χ1v) is 9.37. The highest BCUT2D eigenvalue weighted by molar-refractivity contribution is 6.34. The van der Waals surface area contributed by atoms with Gasteiger partial charge in [0.05, 0.1) is 23.8 Å². The Morgan fingerprint density at radius 1 is 0.893 bits per heavy atom. The summed E-state index contributed by atoms with van der Waals surface area (Å²) in [5.41, 5.74) is 2.77. The molecule has 2 heterocycles. The highest BCUT2D eigenvalue weighted by Crippen LogP contribution is 2.24. The van der Waals surface area contributed by atoms with E-state index in [1.165, 1.54) is 0 Å². The van der Waals surface area contributed by atoms with Crippen molar-refractivity contribution in [2.75, 3.05) is 42.1 Å². The molecule has 9 heteroatoms. The van der Waals surface area contributed by atoms with Crippen LogP contribution in [0, 0.1) is 0 Å². The minimum Gasteiger partial charge on any atom is -0.354 e. The number of amides is 1. The van der Waals surface area contributed by atoms with Gasteiger partial charge in [0.2, 0.25) is 0 Å². The number of nitrogens with one attached hydrogen (secondary N) is 5. The number of halogens is 1. The van der Waals surface area contributed by atoms with Gasteiger partial charge in [-0.05, 0) is 42.5 Å². The van der Waals surface area contributed by atoms with E-state index in [4.69, 9.17) is 11.6 Å². The molecule has 2 aromatic carbocycles. The summed E-state index contributed by atoms with van der Waals surface area (Å²) in [5.74, 6) is 1.22. The van der Waals surface area contributed by atoms with Crippen molar-refractivity contribution in [3.05, 3.63) is 53.1 Å². The SMILES string of the molecule is O=C(Nc1ccc(NC2=NCCN2)cc1)c1ccc(NC2=NCCN2)c(Cl)c1. The van der Waals surface area contributed by atoms with Gasteiger partial charge in [-0.15, -0.1) is 0 Å². The van der Waals surface area contributed by atoms with Gasteiger partial charge in [-0.25, -0.2) is 0 Å². The summed E-state index contributed by atoms with van der Waals surface area (Å²) in [5, 5.41) is 15.9. The molecule has 0 unspecified atom stereocenters. The van der Waals surface area contributed by atoms with E-state index < -0.39 is 0 Å². The first-order valence-electron chi connectivity index (χ1n) is 8.99. The molecule has 0 saturated carbocycles. The van der Waals surface area contributed by atoms with Gasteiger partial charge in [-0.2, -0.15) is 0 Å². The van der Waals surface area contributed by atoms with Crippen LogP contribution in [0.4, 0.5) is 17.1 Å². The van der Waals surface area contributed by atoms with Gasteiger partial charge in [0, 0.05) is 30.0 Å². The molecule has 28 heavy (non-hydrogen) atoms. The van der Waals surface area contributed by atoms with Gasteiger partial charge >= 0.3 is 0 Å². The molecule has 0 fully saturated rings. The third-order valence-electron chi connectivity index (χ3n) is 4.24. The molecule has 0 spiro atoms. The zero-order valence-corrected chi connectivity index (χ0v) is 15.8. The number of guanidine groups is 2. The smallest absolute Gasteiger partial charge is 0.255 e. The average Bonchev–Trinajstić information content (AvgIpc) is 3.39. The van der Waals surface area contributed by atoms with E-state index in [0.717, 1.165) is 37.8 Å². The van der Waals surface area contributed by atoms with Gasteiger partial charge in [0.1, 0.15) is 0 Å². The lowest BCUT2D eigenvalue weighted by atomic mass is 10.2. The lowest BCUT2D eigenvalue weighted by Crippen LogP contribution is -2.26. The van der Waals surface area contributed by atoms with Crippen LogP contribution in [-0.2, 0) is 0 Å². The van der Waals surface area contributed by atoms with Crippen LogP contribution in [0.1, 0.15) is 10.4 Å².